The highest BCUT2D eigenvalue weighted by Gasteiger charge is 2.51. The number of aliphatic imine (C=N–C) groups is 1. The molecule has 1 atom stereocenters. The van der Waals surface area contributed by atoms with Crippen LogP contribution in [0.2, 0.25) is 0 Å². The second-order valence-corrected chi connectivity index (χ2v) is 5.91. The highest BCUT2D eigenvalue weighted by Crippen LogP contribution is 2.18. The number of hydrogen-bond donors (Lipinski definition) is 1. The van der Waals surface area contributed by atoms with Crippen LogP contribution in [0.1, 0.15) is 18.9 Å². The number of nitrogens with zero attached hydrogens (tertiary/aromatic N) is 5. The van der Waals surface area contributed by atoms with Crippen molar-refractivity contribution < 1.29 is 14.2 Å². The van der Waals surface area contributed by atoms with Gasteiger partial charge in [0.05, 0.1) is 12.8 Å². The van der Waals surface area contributed by atoms with Gasteiger partial charge in [0.25, 0.3) is 5.91 Å². The maximum absolute atomic E-state index is 12.6. The maximum Gasteiger partial charge on any atom is 0.413 e. The molecule has 1 N–H and O–H groups in total. The summed E-state index contributed by atoms with van der Waals surface area (Å²) < 4.78 is 1.85. The number of benzene rings is 1. The van der Waals surface area contributed by atoms with E-state index in [2.05, 4.69) is 15.5 Å². The number of likely N-dealkylation sites (N-methyl/N-ethyl adjacent to an activating group) is 2. The Kier molecular flexibility index (Phi) is 4.60. The van der Waals surface area contributed by atoms with Crippen LogP contribution in [0.4, 0.5) is 4.79 Å². The van der Waals surface area contributed by atoms with Crippen molar-refractivity contribution in [1.82, 2.24) is 15.2 Å². The van der Waals surface area contributed by atoms with Crippen molar-refractivity contribution in [2.45, 2.75) is 19.4 Å². The van der Waals surface area contributed by atoms with Crippen molar-refractivity contribution in [2.24, 2.45) is 10.1 Å². The van der Waals surface area contributed by atoms with Gasteiger partial charge in [-0.1, -0.05) is 42.2 Å². The van der Waals surface area contributed by atoms with Crippen LogP contribution in [-0.4, -0.2) is 71.0 Å². The Balaban J connectivity index is 1.88. The first-order chi connectivity index (χ1) is 12.0. The van der Waals surface area contributed by atoms with E-state index in [9.17, 15) is 9.59 Å². The summed E-state index contributed by atoms with van der Waals surface area (Å²) >= 11 is 0. The van der Waals surface area contributed by atoms with E-state index in [1.54, 1.807) is 13.3 Å². The molecule has 1 saturated heterocycles. The van der Waals surface area contributed by atoms with E-state index in [1.807, 2.05) is 41.8 Å². The van der Waals surface area contributed by atoms with Gasteiger partial charge in [0, 0.05) is 14.1 Å². The van der Waals surface area contributed by atoms with Crippen molar-refractivity contribution in [3.63, 3.8) is 0 Å². The Hall–Kier alpha value is -3.03. The van der Waals surface area contributed by atoms with Gasteiger partial charge in [-0.3, -0.25) is 14.6 Å². The summed E-state index contributed by atoms with van der Waals surface area (Å²) in [5.41, 5.74) is 3.86. The van der Waals surface area contributed by atoms with E-state index in [1.165, 1.54) is 11.9 Å². The minimum atomic E-state index is -0.595. The number of hydrazone groups is 1. The lowest BCUT2D eigenvalue weighted by molar-refractivity contribution is -0.537. The number of amidine groups is 1. The first-order valence-corrected chi connectivity index (χ1v) is 8.16. The summed E-state index contributed by atoms with van der Waals surface area (Å²) in [5.74, 6) is 0.621. The molecular weight excluding hydrogens is 320 g/mol. The molecule has 3 amide bonds. The topological polar surface area (TPSA) is 80.4 Å². The third-order valence-electron chi connectivity index (χ3n) is 4.17. The predicted molar refractivity (Wildman–Crippen MR) is 94.7 cm³/mol. The van der Waals surface area contributed by atoms with Crippen molar-refractivity contribution >= 4 is 29.9 Å². The van der Waals surface area contributed by atoms with E-state index in [0.29, 0.717) is 18.3 Å². The van der Waals surface area contributed by atoms with Crippen LogP contribution < -0.4 is 5.43 Å². The molecule has 8 nitrogen and oxygen atoms in total. The van der Waals surface area contributed by atoms with E-state index in [0.717, 1.165) is 16.9 Å². The molecule has 1 aromatic rings. The van der Waals surface area contributed by atoms with Gasteiger partial charge in [-0.25, -0.2) is 9.37 Å². The van der Waals surface area contributed by atoms with Gasteiger partial charge < -0.3 is 0 Å². The number of carbonyl (C=O) groups is 2. The number of guanidine groups is 1. The van der Waals surface area contributed by atoms with Crippen LogP contribution in [0.3, 0.4) is 0 Å². The van der Waals surface area contributed by atoms with E-state index in [-0.39, 0.29) is 11.9 Å². The first-order valence-electron chi connectivity index (χ1n) is 8.16. The molecule has 2 aliphatic heterocycles. The van der Waals surface area contributed by atoms with Crippen molar-refractivity contribution in [3.8, 4) is 0 Å². The van der Waals surface area contributed by atoms with Crippen molar-refractivity contribution in [2.75, 3.05) is 20.6 Å². The molecule has 0 saturated carbocycles. The van der Waals surface area contributed by atoms with E-state index in [4.69, 9.17) is 0 Å². The Bertz CT molecular complexity index is 784. The minimum absolute atomic E-state index is 0.279. The Morgan fingerprint density at radius 3 is 2.64 bits per heavy atom. The number of carbonyl (C=O) groups excluding carboxylic acids is 2. The zero-order valence-corrected chi connectivity index (χ0v) is 14.5. The van der Waals surface area contributed by atoms with Gasteiger partial charge in [-0.15, -0.1) is 5.10 Å². The van der Waals surface area contributed by atoms with Crippen molar-refractivity contribution in [1.29, 1.82) is 0 Å². The van der Waals surface area contributed by atoms with Crippen molar-refractivity contribution in [3.05, 3.63) is 35.9 Å². The highest BCUT2D eigenvalue weighted by atomic mass is 16.2. The number of rotatable bonds is 4. The van der Waals surface area contributed by atoms with E-state index >= 15 is 0 Å². The Morgan fingerprint density at radius 1 is 1.24 bits per heavy atom. The van der Waals surface area contributed by atoms with Gasteiger partial charge in [-0.05, 0) is 12.0 Å². The summed E-state index contributed by atoms with van der Waals surface area (Å²) in [6.07, 6.45) is 2.52. The molecular formula is C17H21N6O2+. The summed E-state index contributed by atoms with van der Waals surface area (Å²) in [5, 5.41) is 4.21. The predicted octanol–water partition coefficient (Wildman–Crippen LogP) is 0.693. The lowest BCUT2D eigenvalue weighted by Crippen LogP contribution is -2.61. The molecule has 0 aromatic heterocycles. The minimum Gasteiger partial charge on any atom is -0.270 e. The summed E-state index contributed by atoms with van der Waals surface area (Å²) in [6, 6.07) is 8.68. The maximum atomic E-state index is 12.6. The van der Waals surface area contributed by atoms with Crippen LogP contribution in [0.5, 0.6) is 0 Å². The highest BCUT2D eigenvalue weighted by molar-refractivity contribution is 6.22. The van der Waals surface area contributed by atoms with Crippen LogP contribution >= 0.6 is 0 Å². The van der Waals surface area contributed by atoms with Gasteiger partial charge >= 0.3 is 12.0 Å². The molecule has 0 radical (unpaired) electrons. The van der Waals surface area contributed by atoms with Gasteiger partial charge in [-0.2, -0.15) is 5.43 Å². The zero-order valence-electron chi connectivity index (χ0n) is 14.5. The quantitative estimate of drug-likeness (QED) is 0.497. The monoisotopic (exact) mass is 341 g/mol. The number of amides is 3. The van der Waals surface area contributed by atoms with Crippen LogP contribution in [0.15, 0.2) is 40.4 Å². The molecule has 0 spiro atoms. The summed E-state index contributed by atoms with van der Waals surface area (Å²) in [6.45, 7) is 2.65. The van der Waals surface area contributed by atoms with Gasteiger partial charge in [0.1, 0.15) is 0 Å². The summed E-state index contributed by atoms with van der Waals surface area (Å²) in [4.78, 5) is 31.7. The standard InChI is InChI=1S/C17H20N6O2/c1-4-10-23-13-14(21(2)17(25)22(3)15(13)24)19-16(23)20-18-11-12-8-6-5-7-9-12/h5-9,11,13H,4,10H2,1-3H3/p+1/b18-11+. The van der Waals surface area contributed by atoms with Gasteiger partial charge in [0.2, 0.25) is 11.9 Å². The normalized spacial score (nSPS) is 20.4. The molecule has 2 aliphatic rings. The zero-order chi connectivity index (χ0) is 18.0. The molecule has 1 unspecified atom stereocenters. The molecule has 0 bridgehead atoms. The second-order valence-electron chi connectivity index (χ2n) is 5.91. The first kappa shape index (κ1) is 16.8. The van der Waals surface area contributed by atoms with Gasteiger partial charge in [0.15, 0.2) is 0 Å². The number of imide groups is 1. The van der Waals surface area contributed by atoms with E-state index < -0.39 is 6.04 Å². The summed E-state index contributed by atoms with van der Waals surface area (Å²) in [7, 11) is 3.11. The Labute approximate surface area is 146 Å². The molecule has 130 valence electrons. The fourth-order valence-electron chi connectivity index (χ4n) is 2.87. The lowest BCUT2D eigenvalue weighted by Gasteiger charge is -2.31. The third-order valence-corrected chi connectivity index (χ3v) is 4.17. The average molecular weight is 341 g/mol. The number of nitrogens with one attached hydrogen (secondary N) is 1. The molecule has 2 heterocycles. The van der Waals surface area contributed by atoms with Crippen LogP contribution in [0, 0.1) is 0 Å². The lowest BCUT2D eigenvalue weighted by atomic mass is 10.1. The average Bonchev–Trinajstić information content (AvgIpc) is 2.98. The second kappa shape index (κ2) is 6.84. The Morgan fingerprint density at radius 2 is 1.96 bits per heavy atom. The molecule has 8 heteroatoms. The number of hydrogen-bond acceptors (Lipinski definition) is 5. The smallest absolute Gasteiger partial charge is 0.270 e. The van der Waals surface area contributed by atoms with Crippen LogP contribution in [0.25, 0.3) is 0 Å². The molecule has 3 rings (SSSR count). The number of fused-ring (bicyclic) bond motifs is 1. The largest absolute Gasteiger partial charge is 0.413 e. The van der Waals surface area contributed by atoms with Crippen LogP contribution in [-0.2, 0) is 4.79 Å². The molecule has 1 aromatic carbocycles. The molecule has 0 aliphatic carbocycles. The SMILES string of the molecule is CCC[N+]1=C(N/N=C/c2ccccc2)N=C2C1C(=O)N(C)C(=O)N2C. The number of urea groups is 1. The fourth-order valence-corrected chi connectivity index (χ4v) is 2.87. The molecule has 25 heavy (non-hydrogen) atoms. The third kappa shape index (κ3) is 3.02. The fraction of sp³-hybridized carbons (Fsp3) is 0.353. The molecule has 1 fully saturated rings.